The Labute approximate surface area is 128 Å². The number of aromatic nitrogens is 2. The zero-order chi connectivity index (χ0) is 15.5. The molecule has 0 spiro atoms. The first-order chi connectivity index (χ1) is 10.2. The van der Waals surface area contributed by atoms with Crippen LogP contribution in [0.3, 0.4) is 0 Å². The van der Waals surface area contributed by atoms with Crippen molar-refractivity contribution in [3.8, 4) is 0 Å². The zero-order valence-electron chi connectivity index (χ0n) is 13.7. The molecule has 1 aromatic rings. The normalized spacial score (nSPS) is 14.3. The summed E-state index contributed by atoms with van der Waals surface area (Å²) >= 11 is 0. The van der Waals surface area contributed by atoms with Crippen LogP contribution in [0.25, 0.3) is 0 Å². The van der Waals surface area contributed by atoms with Gasteiger partial charge >= 0.3 is 0 Å². The van der Waals surface area contributed by atoms with Crippen LogP contribution in [0.5, 0.6) is 0 Å². The predicted octanol–water partition coefficient (Wildman–Crippen LogP) is 2.10. The Balaban J connectivity index is 2.08. The summed E-state index contributed by atoms with van der Waals surface area (Å²) in [6, 6.07) is 0. The number of ether oxygens (including phenoxy) is 1. The number of hydrogen-bond donors (Lipinski definition) is 2. The van der Waals surface area contributed by atoms with E-state index in [9.17, 15) is 5.11 Å². The number of imidazole rings is 1. The lowest BCUT2D eigenvalue weighted by molar-refractivity contribution is 0.0192. The summed E-state index contributed by atoms with van der Waals surface area (Å²) in [4.78, 5) is 4.23. The molecule has 1 rings (SSSR count). The molecule has 1 aromatic heterocycles. The zero-order valence-corrected chi connectivity index (χ0v) is 13.7. The molecule has 1 heterocycles. The maximum Gasteiger partial charge on any atom is 0.122 e. The van der Waals surface area contributed by atoms with E-state index in [-0.39, 0.29) is 0 Å². The van der Waals surface area contributed by atoms with E-state index in [1.165, 1.54) is 19.3 Å². The summed E-state index contributed by atoms with van der Waals surface area (Å²) in [5, 5.41) is 13.1. The fraction of sp³-hybridized carbons (Fsp3) is 0.812. The summed E-state index contributed by atoms with van der Waals surface area (Å²) < 4.78 is 7.61. The minimum absolute atomic E-state index is 0.399. The fourth-order valence-corrected chi connectivity index (χ4v) is 2.25. The molecule has 0 saturated heterocycles. The smallest absolute Gasteiger partial charge is 0.122 e. The number of aryl methyl sites for hydroxylation is 1. The van der Waals surface area contributed by atoms with E-state index in [0.29, 0.717) is 25.6 Å². The van der Waals surface area contributed by atoms with E-state index in [1.54, 1.807) is 6.20 Å². The van der Waals surface area contributed by atoms with Crippen molar-refractivity contribution in [2.24, 2.45) is 13.0 Å². The van der Waals surface area contributed by atoms with Gasteiger partial charge in [-0.15, -0.1) is 0 Å². The molecule has 0 aliphatic carbocycles. The Bertz CT molecular complexity index is 368. The van der Waals surface area contributed by atoms with E-state index >= 15 is 0 Å². The number of hydrogen-bond acceptors (Lipinski definition) is 4. The highest BCUT2D eigenvalue weighted by atomic mass is 16.5. The third-order valence-electron chi connectivity index (χ3n) is 3.79. The number of aliphatic hydroxyl groups is 1. The van der Waals surface area contributed by atoms with Crippen molar-refractivity contribution in [1.82, 2.24) is 14.9 Å². The van der Waals surface area contributed by atoms with Crippen LogP contribution >= 0.6 is 0 Å². The summed E-state index contributed by atoms with van der Waals surface area (Å²) in [5.74, 6) is 1.59. The molecule has 5 nitrogen and oxygen atoms in total. The van der Waals surface area contributed by atoms with Crippen LogP contribution in [0, 0.1) is 5.92 Å². The van der Waals surface area contributed by atoms with Gasteiger partial charge in [0.25, 0.3) is 0 Å². The predicted molar refractivity (Wildman–Crippen MR) is 85.0 cm³/mol. The molecule has 0 aliphatic rings. The maximum atomic E-state index is 9.89. The lowest BCUT2D eigenvalue weighted by atomic mass is 10.0. The quantitative estimate of drug-likeness (QED) is 0.620. The Morgan fingerprint density at radius 3 is 2.81 bits per heavy atom. The molecular formula is C16H31N3O2. The number of rotatable bonds is 12. The first kappa shape index (κ1) is 18.1. The third kappa shape index (κ3) is 7.60. The van der Waals surface area contributed by atoms with Gasteiger partial charge in [0.1, 0.15) is 5.82 Å². The Kier molecular flexibility index (Phi) is 9.30. The Hall–Kier alpha value is -0.910. The van der Waals surface area contributed by atoms with E-state index in [1.807, 2.05) is 17.8 Å². The van der Waals surface area contributed by atoms with E-state index in [4.69, 9.17) is 4.74 Å². The Morgan fingerprint density at radius 1 is 1.38 bits per heavy atom. The second kappa shape index (κ2) is 10.8. The van der Waals surface area contributed by atoms with E-state index in [0.717, 1.165) is 18.9 Å². The number of nitrogens with zero attached hydrogens (tertiary/aromatic N) is 2. The van der Waals surface area contributed by atoms with Crippen LogP contribution < -0.4 is 5.32 Å². The van der Waals surface area contributed by atoms with E-state index in [2.05, 4.69) is 24.1 Å². The molecule has 5 heteroatoms. The van der Waals surface area contributed by atoms with E-state index < -0.39 is 6.10 Å². The highest BCUT2D eigenvalue weighted by Crippen LogP contribution is 2.12. The van der Waals surface area contributed by atoms with Gasteiger partial charge in [0.05, 0.1) is 19.3 Å². The van der Waals surface area contributed by atoms with Crippen LogP contribution in [-0.4, -0.2) is 40.5 Å². The van der Waals surface area contributed by atoms with Crippen molar-refractivity contribution >= 4 is 0 Å². The second-order valence-electron chi connectivity index (χ2n) is 5.69. The monoisotopic (exact) mass is 297 g/mol. The summed E-state index contributed by atoms with van der Waals surface area (Å²) in [6.45, 7) is 6.76. The van der Waals surface area contributed by atoms with Gasteiger partial charge in [-0.3, -0.25) is 0 Å². The summed E-state index contributed by atoms with van der Waals surface area (Å²) in [5.41, 5.74) is 0. The lowest BCUT2D eigenvalue weighted by Crippen LogP contribution is -2.31. The summed E-state index contributed by atoms with van der Waals surface area (Å²) in [7, 11) is 1.96. The Morgan fingerprint density at radius 2 is 2.19 bits per heavy atom. The largest absolute Gasteiger partial charge is 0.389 e. The second-order valence-corrected chi connectivity index (χ2v) is 5.69. The molecule has 0 fully saturated rings. The first-order valence-corrected chi connectivity index (χ1v) is 8.10. The standard InChI is InChI=1S/C16H31N3O2/c1-4-6-7-14(5-2)12-21-13-15(20)10-17-11-16-18-8-9-19(16)3/h8-9,14-15,17,20H,4-7,10-13H2,1-3H3. The van der Waals surface area contributed by atoms with Gasteiger partial charge in [0, 0.05) is 32.6 Å². The third-order valence-corrected chi connectivity index (χ3v) is 3.79. The lowest BCUT2D eigenvalue weighted by Gasteiger charge is -2.17. The highest BCUT2D eigenvalue weighted by molar-refractivity contribution is 4.90. The SMILES string of the molecule is CCCCC(CC)COCC(O)CNCc1nccn1C. The molecule has 122 valence electrons. The van der Waals surface area contributed by atoms with Gasteiger partial charge in [-0.2, -0.15) is 0 Å². The number of nitrogens with one attached hydrogen (secondary N) is 1. The molecule has 2 unspecified atom stereocenters. The van der Waals surface area contributed by atoms with Crippen LogP contribution in [0.2, 0.25) is 0 Å². The fourth-order valence-electron chi connectivity index (χ4n) is 2.25. The van der Waals surface area contributed by atoms with Gasteiger partial charge < -0.3 is 19.7 Å². The van der Waals surface area contributed by atoms with Crippen molar-refractivity contribution in [2.75, 3.05) is 19.8 Å². The molecule has 2 N–H and O–H groups in total. The van der Waals surface area contributed by atoms with Crippen molar-refractivity contribution in [1.29, 1.82) is 0 Å². The van der Waals surface area contributed by atoms with Crippen LogP contribution in [0.15, 0.2) is 12.4 Å². The average molecular weight is 297 g/mol. The molecule has 0 saturated carbocycles. The minimum Gasteiger partial charge on any atom is -0.389 e. The topological polar surface area (TPSA) is 59.3 Å². The minimum atomic E-state index is -0.464. The highest BCUT2D eigenvalue weighted by Gasteiger charge is 2.09. The average Bonchev–Trinajstić information content (AvgIpc) is 2.88. The number of unbranched alkanes of at least 4 members (excludes halogenated alkanes) is 1. The number of aliphatic hydroxyl groups excluding tert-OH is 1. The van der Waals surface area contributed by atoms with Crippen molar-refractivity contribution in [3.63, 3.8) is 0 Å². The van der Waals surface area contributed by atoms with Crippen LogP contribution in [0.4, 0.5) is 0 Å². The maximum absolute atomic E-state index is 9.89. The van der Waals surface area contributed by atoms with Gasteiger partial charge in [0.15, 0.2) is 0 Å². The molecule has 0 bridgehead atoms. The molecule has 2 atom stereocenters. The van der Waals surface area contributed by atoms with Crippen LogP contribution in [0.1, 0.15) is 45.4 Å². The summed E-state index contributed by atoms with van der Waals surface area (Å²) in [6.07, 6.45) is 8.09. The van der Waals surface area contributed by atoms with Crippen molar-refractivity contribution in [2.45, 2.75) is 52.2 Å². The van der Waals surface area contributed by atoms with Crippen molar-refractivity contribution < 1.29 is 9.84 Å². The molecule has 0 radical (unpaired) electrons. The molecule has 0 aliphatic heterocycles. The van der Waals surface area contributed by atoms with Gasteiger partial charge in [-0.25, -0.2) is 4.98 Å². The molecular weight excluding hydrogens is 266 g/mol. The molecule has 21 heavy (non-hydrogen) atoms. The van der Waals surface area contributed by atoms with Gasteiger partial charge in [0.2, 0.25) is 0 Å². The van der Waals surface area contributed by atoms with Gasteiger partial charge in [-0.05, 0) is 12.3 Å². The van der Waals surface area contributed by atoms with Crippen molar-refractivity contribution in [3.05, 3.63) is 18.2 Å². The first-order valence-electron chi connectivity index (χ1n) is 8.10. The van der Waals surface area contributed by atoms with Crippen LogP contribution in [-0.2, 0) is 18.3 Å². The molecule has 0 amide bonds. The van der Waals surface area contributed by atoms with Gasteiger partial charge in [-0.1, -0.05) is 33.1 Å². The molecule has 0 aromatic carbocycles.